The van der Waals surface area contributed by atoms with Crippen LogP contribution in [-0.4, -0.2) is 72.5 Å². The standard InChI is InChI=1S/C29H48O7/c1-16(2)17(8-11-30)12-25(34)28(5,35)24-7-10-29(36)19-13-21(31)20-14-22(32)23(33)15-26(20,3)18(19)6-9-27(24,29)4/h13,16-18,20,22-25,30,32-36H,6-12,14-15H2,1-5H3/t17?,18-,20-,22+,23-,24-,25+,26+,27+,28+,29+/m0/s1. The van der Waals surface area contributed by atoms with Crippen molar-refractivity contribution in [1.29, 1.82) is 0 Å². The summed E-state index contributed by atoms with van der Waals surface area (Å²) in [5.74, 6) is -0.586. The lowest BCUT2D eigenvalue weighted by molar-refractivity contribution is -0.177. The third-order valence-electron chi connectivity index (χ3n) is 11.5. The van der Waals surface area contributed by atoms with Crippen LogP contribution in [0.15, 0.2) is 11.6 Å². The van der Waals surface area contributed by atoms with E-state index >= 15 is 0 Å². The van der Waals surface area contributed by atoms with E-state index in [0.29, 0.717) is 38.5 Å². The third kappa shape index (κ3) is 4.04. The Morgan fingerprint density at radius 1 is 1.11 bits per heavy atom. The van der Waals surface area contributed by atoms with E-state index in [-0.39, 0.29) is 48.4 Å². The van der Waals surface area contributed by atoms with Crippen molar-refractivity contribution < 1.29 is 35.4 Å². The van der Waals surface area contributed by atoms with E-state index in [1.807, 2.05) is 13.8 Å². The summed E-state index contributed by atoms with van der Waals surface area (Å²) in [4.78, 5) is 13.3. The fraction of sp³-hybridized carbons (Fsp3) is 0.897. The quantitative estimate of drug-likeness (QED) is 0.310. The molecule has 0 aromatic carbocycles. The Morgan fingerprint density at radius 3 is 2.39 bits per heavy atom. The van der Waals surface area contributed by atoms with E-state index in [4.69, 9.17) is 0 Å². The highest BCUT2D eigenvalue weighted by Gasteiger charge is 2.69. The van der Waals surface area contributed by atoms with Crippen LogP contribution < -0.4 is 0 Å². The lowest BCUT2D eigenvalue weighted by atomic mass is 9.45. The maximum Gasteiger partial charge on any atom is 0.159 e. The zero-order valence-electron chi connectivity index (χ0n) is 22.7. The zero-order chi connectivity index (χ0) is 26.8. The molecule has 0 amide bonds. The predicted octanol–water partition coefficient (Wildman–Crippen LogP) is 2.35. The molecule has 7 nitrogen and oxygen atoms in total. The minimum atomic E-state index is -1.44. The van der Waals surface area contributed by atoms with Crippen LogP contribution in [0.25, 0.3) is 0 Å². The fourth-order valence-electron chi connectivity index (χ4n) is 8.95. The number of hydrogen-bond donors (Lipinski definition) is 6. The van der Waals surface area contributed by atoms with Crippen LogP contribution in [0.4, 0.5) is 0 Å². The Balaban J connectivity index is 1.65. The number of fused-ring (bicyclic) bond motifs is 5. The van der Waals surface area contributed by atoms with E-state index < -0.39 is 40.3 Å². The van der Waals surface area contributed by atoms with Crippen LogP contribution in [0.5, 0.6) is 0 Å². The smallest absolute Gasteiger partial charge is 0.159 e. The van der Waals surface area contributed by atoms with Gasteiger partial charge in [-0.1, -0.05) is 27.7 Å². The molecule has 4 aliphatic rings. The average Bonchev–Trinajstić information content (AvgIpc) is 3.07. The predicted molar refractivity (Wildman–Crippen MR) is 136 cm³/mol. The van der Waals surface area contributed by atoms with Crippen molar-refractivity contribution in [1.82, 2.24) is 0 Å². The van der Waals surface area contributed by atoms with Gasteiger partial charge in [0.2, 0.25) is 0 Å². The number of carbonyl (C=O) groups is 1. The molecule has 6 N–H and O–H groups in total. The van der Waals surface area contributed by atoms with Crippen molar-refractivity contribution in [2.75, 3.05) is 6.61 Å². The Morgan fingerprint density at radius 2 is 1.78 bits per heavy atom. The van der Waals surface area contributed by atoms with Gasteiger partial charge < -0.3 is 30.6 Å². The molecule has 11 atom stereocenters. The number of allylic oxidation sites excluding steroid dienone is 1. The molecule has 0 spiro atoms. The molecule has 0 aromatic rings. The first-order valence-corrected chi connectivity index (χ1v) is 14.0. The van der Waals surface area contributed by atoms with E-state index in [9.17, 15) is 35.4 Å². The van der Waals surface area contributed by atoms with Gasteiger partial charge in [0.1, 0.15) is 0 Å². The first-order valence-electron chi connectivity index (χ1n) is 14.0. The summed E-state index contributed by atoms with van der Waals surface area (Å²) in [7, 11) is 0. The molecule has 0 bridgehead atoms. The Labute approximate surface area is 215 Å². The van der Waals surface area contributed by atoms with Crippen molar-refractivity contribution in [3.63, 3.8) is 0 Å². The molecular formula is C29H48O7. The van der Waals surface area contributed by atoms with Gasteiger partial charge >= 0.3 is 0 Å². The number of hydrogen-bond acceptors (Lipinski definition) is 7. The van der Waals surface area contributed by atoms with Crippen LogP contribution in [0.2, 0.25) is 0 Å². The van der Waals surface area contributed by atoms with Crippen LogP contribution >= 0.6 is 0 Å². The summed E-state index contributed by atoms with van der Waals surface area (Å²) in [5, 5.41) is 65.6. The molecule has 3 fully saturated rings. The lowest BCUT2D eigenvalue weighted by Gasteiger charge is -2.60. The molecule has 3 saturated carbocycles. The second-order valence-electron chi connectivity index (χ2n) is 13.6. The lowest BCUT2D eigenvalue weighted by Crippen LogP contribution is -2.63. The first-order chi connectivity index (χ1) is 16.6. The van der Waals surface area contributed by atoms with Crippen molar-refractivity contribution >= 4 is 5.78 Å². The van der Waals surface area contributed by atoms with Gasteiger partial charge in [-0.05, 0) is 99.0 Å². The summed E-state index contributed by atoms with van der Waals surface area (Å²) in [6.45, 7) is 9.84. The highest BCUT2D eigenvalue weighted by atomic mass is 16.3. The number of rotatable bonds is 7. The Kier molecular flexibility index (Phi) is 7.38. The number of aliphatic hydroxyl groups is 6. The van der Waals surface area contributed by atoms with Crippen molar-refractivity contribution in [2.45, 2.75) is 115 Å². The second kappa shape index (κ2) is 9.42. The Hall–Kier alpha value is -0.830. The monoisotopic (exact) mass is 508 g/mol. The van der Waals surface area contributed by atoms with Gasteiger partial charge in [0.15, 0.2) is 5.78 Å². The van der Waals surface area contributed by atoms with Crippen LogP contribution in [0.1, 0.15) is 86.0 Å². The van der Waals surface area contributed by atoms with Gasteiger partial charge in [-0.3, -0.25) is 4.79 Å². The van der Waals surface area contributed by atoms with Crippen molar-refractivity contribution in [3.05, 3.63) is 11.6 Å². The van der Waals surface area contributed by atoms with E-state index in [2.05, 4.69) is 13.8 Å². The summed E-state index contributed by atoms with van der Waals surface area (Å²) < 4.78 is 0. The second-order valence-corrected chi connectivity index (χ2v) is 13.6. The number of ketones is 1. The molecule has 0 radical (unpaired) electrons. The topological polar surface area (TPSA) is 138 Å². The fourth-order valence-corrected chi connectivity index (χ4v) is 8.95. The average molecular weight is 509 g/mol. The highest BCUT2D eigenvalue weighted by molar-refractivity contribution is 5.95. The van der Waals surface area contributed by atoms with Crippen LogP contribution in [0.3, 0.4) is 0 Å². The normalized spacial score (nSPS) is 45.8. The molecule has 7 heteroatoms. The summed E-state index contributed by atoms with van der Waals surface area (Å²) in [6, 6.07) is 0. The minimum absolute atomic E-state index is 0.0354. The summed E-state index contributed by atoms with van der Waals surface area (Å²) in [6.07, 6.45) is 2.60. The van der Waals surface area contributed by atoms with Gasteiger partial charge in [0.05, 0.1) is 29.5 Å². The molecule has 0 aromatic heterocycles. The van der Waals surface area contributed by atoms with Gasteiger partial charge in [-0.15, -0.1) is 0 Å². The van der Waals surface area contributed by atoms with Crippen LogP contribution in [0, 0.1) is 40.4 Å². The molecule has 0 heterocycles. The molecular weight excluding hydrogens is 460 g/mol. The van der Waals surface area contributed by atoms with Crippen molar-refractivity contribution in [3.8, 4) is 0 Å². The molecule has 4 aliphatic carbocycles. The molecule has 1 unspecified atom stereocenters. The summed E-state index contributed by atoms with van der Waals surface area (Å²) >= 11 is 0. The van der Waals surface area contributed by atoms with E-state index in [1.165, 1.54) is 0 Å². The van der Waals surface area contributed by atoms with Gasteiger partial charge in [0.25, 0.3) is 0 Å². The third-order valence-corrected chi connectivity index (χ3v) is 11.5. The first kappa shape index (κ1) is 28.2. The molecule has 206 valence electrons. The number of carbonyl (C=O) groups excluding carboxylic acids is 1. The van der Waals surface area contributed by atoms with Gasteiger partial charge in [-0.25, -0.2) is 0 Å². The Bertz CT molecular complexity index is 883. The SMILES string of the molecule is CC(C)C(CCO)C[C@@H](O)[C@](C)(O)[C@H]1CC[C@@]2(O)C3=CC(=O)[C@@H]4C[C@@H](O)[C@@H](O)C[C@]4(C)[C@H]3CC[C@]12C. The largest absolute Gasteiger partial charge is 0.396 e. The zero-order valence-corrected chi connectivity index (χ0v) is 22.7. The van der Waals surface area contributed by atoms with E-state index in [1.54, 1.807) is 13.0 Å². The molecule has 36 heavy (non-hydrogen) atoms. The van der Waals surface area contributed by atoms with Crippen molar-refractivity contribution in [2.24, 2.45) is 40.4 Å². The maximum atomic E-state index is 13.3. The van der Waals surface area contributed by atoms with Gasteiger partial charge in [0, 0.05) is 17.9 Å². The molecule has 0 aliphatic heterocycles. The summed E-state index contributed by atoms with van der Waals surface area (Å²) in [5.41, 5.74) is -3.26. The van der Waals surface area contributed by atoms with Gasteiger partial charge in [-0.2, -0.15) is 0 Å². The molecule has 4 rings (SSSR count). The highest BCUT2D eigenvalue weighted by Crippen LogP contribution is 2.68. The number of aliphatic hydroxyl groups excluding tert-OH is 4. The maximum absolute atomic E-state index is 13.3. The van der Waals surface area contributed by atoms with Crippen LogP contribution in [-0.2, 0) is 4.79 Å². The van der Waals surface area contributed by atoms with E-state index in [0.717, 1.165) is 12.0 Å². The molecule has 0 saturated heterocycles. The minimum Gasteiger partial charge on any atom is -0.396 e.